The van der Waals surface area contributed by atoms with Gasteiger partial charge in [-0.05, 0) is 49.7 Å². The molecule has 1 aliphatic heterocycles. The third-order valence-electron chi connectivity index (χ3n) is 4.08. The molecule has 8 heteroatoms. The molecule has 0 bridgehead atoms. The first-order chi connectivity index (χ1) is 12.2. The van der Waals surface area contributed by atoms with Crippen LogP contribution < -0.4 is 14.4 Å². The Morgan fingerprint density at radius 2 is 2.00 bits per heavy atom. The number of hydrogen-bond donors (Lipinski definition) is 2. The molecule has 1 heterocycles. The molecule has 3 rings (SSSR count). The number of fused-ring (bicyclic) bond motifs is 1. The normalized spacial score (nSPS) is 16.6. The number of benzene rings is 2. The van der Waals surface area contributed by atoms with E-state index in [0.717, 1.165) is 5.56 Å². The van der Waals surface area contributed by atoms with Crippen molar-refractivity contribution in [1.29, 1.82) is 0 Å². The number of amides is 1. The number of carbonyl (C=O) groups is 1. The second-order valence-electron chi connectivity index (χ2n) is 6.31. The Morgan fingerprint density at radius 1 is 1.27 bits per heavy atom. The minimum absolute atomic E-state index is 0.0272. The summed E-state index contributed by atoms with van der Waals surface area (Å²) in [6.45, 7) is 5.40. The molecule has 1 atom stereocenters. The molecule has 0 radical (unpaired) electrons. The largest absolute Gasteiger partial charge is 0.506 e. The van der Waals surface area contributed by atoms with E-state index in [-0.39, 0.29) is 28.3 Å². The average molecular weight is 376 g/mol. The van der Waals surface area contributed by atoms with E-state index in [9.17, 15) is 18.3 Å². The number of sulfonamides is 1. The molecule has 2 N–H and O–H groups in total. The molecular formula is C18H20N2O5S. The van der Waals surface area contributed by atoms with Gasteiger partial charge in [0.05, 0.1) is 22.8 Å². The van der Waals surface area contributed by atoms with Crippen LogP contribution in [-0.4, -0.2) is 32.1 Å². The molecule has 138 valence electrons. The van der Waals surface area contributed by atoms with Crippen LogP contribution >= 0.6 is 0 Å². The summed E-state index contributed by atoms with van der Waals surface area (Å²) in [5.41, 5.74) is 1.30. The fourth-order valence-corrected chi connectivity index (χ4v) is 3.91. The van der Waals surface area contributed by atoms with Crippen molar-refractivity contribution < 1.29 is 23.1 Å². The fraction of sp³-hybridized carbons (Fsp3) is 0.278. The summed E-state index contributed by atoms with van der Waals surface area (Å²) in [6, 6.07) is 8.99. The van der Waals surface area contributed by atoms with Gasteiger partial charge in [0.15, 0.2) is 0 Å². The quantitative estimate of drug-likeness (QED) is 0.803. The van der Waals surface area contributed by atoms with Crippen LogP contribution in [0.1, 0.15) is 19.4 Å². The van der Waals surface area contributed by atoms with E-state index in [4.69, 9.17) is 4.74 Å². The summed E-state index contributed by atoms with van der Waals surface area (Å²) in [5.74, 6) is 0.102. The molecule has 2 aromatic carbocycles. The molecule has 0 fully saturated rings. The molecule has 1 aliphatic rings. The van der Waals surface area contributed by atoms with E-state index in [1.165, 1.54) is 42.2 Å². The number of nitrogens with one attached hydrogen (secondary N) is 1. The van der Waals surface area contributed by atoms with Crippen LogP contribution in [0, 0.1) is 6.92 Å². The molecular weight excluding hydrogens is 356 g/mol. The van der Waals surface area contributed by atoms with E-state index >= 15 is 0 Å². The number of phenolic OH excluding ortho intramolecular Hbond substituents is 1. The Hall–Kier alpha value is -2.74. The van der Waals surface area contributed by atoms with Crippen LogP contribution in [0.4, 0.5) is 11.4 Å². The van der Waals surface area contributed by atoms with Crippen molar-refractivity contribution in [1.82, 2.24) is 0 Å². The predicted octanol–water partition coefficient (Wildman–Crippen LogP) is 2.64. The Labute approximate surface area is 152 Å². The van der Waals surface area contributed by atoms with Crippen molar-refractivity contribution in [2.75, 3.05) is 16.2 Å². The molecule has 0 aliphatic carbocycles. The van der Waals surface area contributed by atoms with Gasteiger partial charge in [-0.3, -0.25) is 9.52 Å². The zero-order valence-corrected chi connectivity index (χ0v) is 15.5. The number of rotatable bonds is 3. The highest BCUT2D eigenvalue weighted by atomic mass is 32.2. The maximum atomic E-state index is 12.7. The van der Waals surface area contributed by atoms with Crippen LogP contribution in [0.15, 0.2) is 41.3 Å². The molecule has 26 heavy (non-hydrogen) atoms. The highest BCUT2D eigenvalue weighted by molar-refractivity contribution is 7.92. The lowest BCUT2D eigenvalue weighted by Gasteiger charge is -2.33. The first-order valence-corrected chi connectivity index (χ1v) is 9.57. The van der Waals surface area contributed by atoms with Gasteiger partial charge in [0.2, 0.25) is 5.91 Å². The maximum Gasteiger partial charge on any atom is 0.262 e. The Morgan fingerprint density at radius 3 is 2.65 bits per heavy atom. The predicted molar refractivity (Wildman–Crippen MR) is 98.2 cm³/mol. The number of aromatic hydroxyl groups is 1. The topological polar surface area (TPSA) is 95.9 Å². The van der Waals surface area contributed by atoms with Gasteiger partial charge in [0.1, 0.15) is 17.6 Å². The molecule has 0 aromatic heterocycles. The smallest absolute Gasteiger partial charge is 0.262 e. The first kappa shape index (κ1) is 18.1. The van der Waals surface area contributed by atoms with Gasteiger partial charge >= 0.3 is 0 Å². The number of aryl methyl sites for hydroxylation is 1. The van der Waals surface area contributed by atoms with Gasteiger partial charge in [0, 0.05) is 6.92 Å². The molecule has 1 unspecified atom stereocenters. The van der Waals surface area contributed by atoms with E-state index in [1.54, 1.807) is 13.0 Å². The van der Waals surface area contributed by atoms with Crippen molar-refractivity contribution >= 4 is 27.3 Å². The van der Waals surface area contributed by atoms with E-state index in [0.29, 0.717) is 18.0 Å². The molecule has 7 nitrogen and oxygen atoms in total. The lowest BCUT2D eigenvalue weighted by atomic mass is 10.2. The highest BCUT2D eigenvalue weighted by Gasteiger charge is 2.28. The molecule has 1 amide bonds. The standard InChI is InChI=1S/C18H20N2O5S/c1-11-4-6-15(17(22)8-11)19-26(23,24)14-5-7-18-16(9-14)20(13(3)21)10-12(2)25-18/h4-9,12,19,22H,10H2,1-3H3. The van der Waals surface area contributed by atoms with Crippen LogP contribution in [0.3, 0.4) is 0 Å². The highest BCUT2D eigenvalue weighted by Crippen LogP contribution is 2.36. The fourth-order valence-electron chi connectivity index (χ4n) is 2.81. The third kappa shape index (κ3) is 3.45. The minimum atomic E-state index is -3.95. The monoisotopic (exact) mass is 376 g/mol. The molecule has 2 aromatic rings. The summed E-state index contributed by atoms with van der Waals surface area (Å²) in [4.78, 5) is 13.4. The molecule has 0 spiro atoms. The summed E-state index contributed by atoms with van der Waals surface area (Å²) in [7, 11) is -3.95. The number of phenols is 1. The zero-order valence-electron chi connectivity index (χ0n) is 14.7. The maximum absolute atomic E-state index is 12.7. The van der Waals surface area contributed by atoms with Crippen molar-refractivity contribution in [3.8, 4) is 11.5 Å². The lowest BCUT2D eigenvalue weighted by Crippen LogP contribution is -2.41. The Balaban J connectivity index is 1.98. The molecule has 0 saturated heterocycles. The van der Waals surface area contributed by atoms with Gasteiger partial charge in [-0.1, -0.05) is 6.07 Å². The first-order valence-electron chi connectivity index (χ1n) is 8.08. The second kappa shape index (κ2) is 6.53. The second-order valence-corrected chi connectivity index (χ2v) is 8.00. The minimum Gasteiger partial charge on any atom is -0.506 e. The third-order valence-corrected chi connectivity index (χ3v) is 5.44. The summed E-state index contributed by atoms with van der Waals surface area (Å²) in [6.07, 6.45) is -0.184. The van der Waals surface area contributed by atoms with Crippen molar-refractivity contribution in [2.45, 2.75) is 31.8 Å². The number of nitrogens with zero attached hydrogens (tertiary/aromatic N) is 1. The van der Waals surface area contributed by atoms with Crippen molar-refractivity contribution in [3.63, 3.8) is 0 Å². The number of ether oxygens (including phenoxy) is 1. The number of carbonyl (C=O) groups excluding carboxylic acids is 1. The molecule has 0 saturated carbocycles. The van der Waals surface area contributed by atoms with Crippen LogP contribution in [-0.2, 0) is 14.8 Å². The Kier molecular flexibility index (Phi) is 4.53. The lowest BCUT2D eigenvalue weighted by molar-refractivity contribution is -0.117. The zero-order chi connectivity index (χ0) is 19.1. The van der Waals surface area contributed by atoms with Crippen molar-refractivity contribution in [3.05, 3.63) is 42.0 Å². The van der Waals surface area contributed by atoms with E-state index < -0.39 is 10.0 Å². The van der Waals surface area contributed by atoms with Crippen molar-refractivity contribution in [2.24, 2.45) is 0 Å². The SMILES string of the molecule is CC(=O)N1CC(C)Oc2ccc(S(=O)(=O)Nc3ccc(C)cc3O)cc21. The summed E-state index contributed by atoms with van der Waals surface area (Å²) >= 11 is 0. The van der Waals surface area contributed by atoms with Gasteiger partial charge in [0.25, 0.3) is 10.0 Å². The van der Waals surface area contributed by atoms with Gasteiger partial charge < -0.3 is 14.7 Å². The van der Waals surface area contributed by atoms with Crippen LogP contribution in [0.5, 0.6) is 11.5 Å². The van der Waals surface area contributed by atoms with Crippen LogP contribution in [0.2, 0.25) is 0 Å². The number of anilines is 2. The van der Waals surface area contributed by atoms with Gasteiger partial charge in [-0.25, -0.2) is 8.42 Å². The van der Waals surface area contributed by atoms with E-state index in [1.807, 2.05) is 6.92 Å². The van der Waals surface area contributed by atoms with Gasteiger partial charge in [-0.2, -0.15) is 0 Å². The van der Waals surface area contributed by atoms with Crippen LogP contribution in [0.25, 0.3) is 0 Å². The Bertz CT molecular complexity index is 972. The number of hydrogen-bond acceptors (Lipinski definition) is 5. The van der Waals surface area contributed by atoms with Gasteiger partial charge in [-0.15, -0.1) is 0 Å². The summed E-state index contributed by atoms with van der Waals surface area (Å²) in [5, 5.41) is 9.94. The van der Waals surface area contributed by atoms with E-state index in [2.05, 4.69) is 4.72 Å². The summed E-state index contributed by atoms with van der Waals surface area (Å²) < 4.78 is 33.4. The average Bonchev–Trinajstić information content (AvgIpc) is 2.56.